The fraction of sp³-hybridized carbons (Fsp3) is 0.182. The highest BCUT2D eigenvalue weighted by Gasteiger charge is 2.24. The van der Waals surface area contributed by atoms with E-state index in [2.05, 4.69) is 6.58 Å². The number of sulfonamides is 1. The van der Waals surface area contributed by atoms with Gasteiger partial charge in [0.05, 0.1) is 4.90 Å². The Balaban J connectivity index is 3.09. The Kier molecular flexibility index (Phi) is 5.37. The number of halogens is 2. The summed E-state index contributed by atoms with van der Waals surface area (Å²) in [6.45, 7) is 3.37. The second kappa shape index (κ2) is 6.38. The standard InChI is InChI=1S/C11H11Cl2NO4S/c1-2-3-10(11(15)16)14-19(17,18)9-5-7(12)4-8(13)6-9/h2,4-6,10,14H,1,3H2,(H,15,16). The van der Waals surface area contributed by atoms with Crippen LogP contribution >= 0.6 is 23.2 Å². The number of benzene rings is 1. The molecule has 0 fully saturated rings. The first-order chi connectivity index (χ1) is 8.76. The monoisotopic (exact) mass is 323 g/mol. The molecule has 104 valence electrons. The predicted molar refractivity (Wildman–Crippen MR) is 73.0 cm³/mol. The van der Waals surface area contributed by atoms with Crippen LogP contribution in [0.5, 0.6) is 0 Å². The first-order valence-electron chi connectivity index (χ1n) is 5.08. The van der Waals surface area contributed by atoms with Gasteiger partial charge in [-0.05, 0) is 24.6 Å². The summed E-state index contributed by atoms with van der Waals surface area (Å²) in [4.78, 5) is 10.7. The van der Waals surface area contributed by atoms with Crippen LogP contribution in [0, 0.1) is 0 Å². The Morgan fingerprint density at radius 3 is 2.32 bits per heavy atom. The summed E-state index contributed by atoms with van der Waals surface area (Å²) in [7, 11) is -4.02. The summed E-state index contributed by atoms with van der Waals surface area (Å²) in [6.07, 6.45) is 1.27. The third-order valence-corrected chi connectivity index (χ3v) is 4.03. The molecule has 2 N–H and O–H groups in total. The van der Waals surface area contributed by atoms with Gasteiger partial charge >= 0.3 is 5.97 Å². The molecule has 1 aromatic carbocycles. The summed E-state index contributed by atoms with van der Waals surface area (Å²) >= 11 is 11.4. The lowest BCUT2D eigenvalue weighted by molar-refractivity contribution is -0.138. The second-order valence-electron chi connectivity index (χ2n) is 3.64. The fourth-order valence-corrected chi connectivity index (χ4v) is 3.23. The van der Waals surface area contributed by atoms with Crippen LogP contribution in [-0.4, -0.2) is 25.5 Å². The number of nitrogens with one attached hydrogen (secondary N) is 1. The van der Waals surface area contributed by atoms with Gasteiger partial charge in [0.15, 0.2) is 0 Å². The highest BCUT2D eigenvalue weighted by Crippen LogP contribution is 2.22. The molecule has 0 amide bonds. The van der Waals surface area contributed by atoms with E-state index < -0.39 is 22.0 Å². The quantitative estimate of drug-likeness (QED) is 0.787. The first-order valence-corrected chi connectivity index (χ1v) is 7.32. The Hall–Kier alpha value is -1.08. The molecule has 1 unspecified atom stereocenters. The Morgan fingerprint density at radius 2 is 1.89 bits per heavy atom. The molecule has 0 aliphatic carbocycles. The van der Waals surface area contributed by atoms with Crippen molar-refractivity contribution >= 4 is 39.2 Å². The van der Waals surface area contributed by atoms with Gasteiger partial charge in [0, 0.05) is 10.0 Å². The molecule has 0 aliphatic rings. The normalized spacial score (nSPS) is 12.9. The van der Waals surface area contributed by atoms with Crippen molar-refractivity contribution in [3.8, 4) is 0 Å². The van der Waals surface area contributed by atoms with Crippen molar-refractivity contribution < 1.29 is 18.3 Å². The molecular weight excluding hydrogens is 313 g/mol. The van der Waals surface area contributed by atoms with Crippen LogP contribution in [0.1, 0.15) is 6.42 Å². The van der Waals surface area contributed by atoms with Gasteiger partial charge in [-0.3, -0.25) is 4.79 Å². The summed E-state index contributed by atoms with van der Waals surface area (Å²) in [6, 6.07) is 2.45. The minimum atomic E-state index is -4.02. The Labute approximate surface area is 120 Å². The number of aliphatic carboxylic acids is 1. The van der Waals surface area contributed by atoms with E-state index in [1.807, 2.05) is 4.72 Å². The van der Waals surface area contributed by atoms with E-state index in [1.54, 1.807) is 0 Å². The molecule has 5 nitrogen and oxygen atoms in total. The lowest BCUT2D eigenvalue weighted by Crippen LogP contribution is -2.40. The zero-order chi connectivity index (χ0) is 14.6. The van der Waals surface area contributed by atoms with Crippen molar-refractivity contribution in [2.24, 2.45) is 0 Å². The van der Waals surface area contributed by atoms with Gasteiger partial charge in [0.25, 0.3) is 0 Å². The van der Waals surface area contributed by atoms with Crippen LogP contribution in [0.15, 0.2) is 35.7 Å². The van der Waals surface area contributed by atoms with Crippen molar-refractivity contribution in [2.45, 2.75) is 17.4 Å². The summed E-state index contributed by atoms with van der Waals surface area (Å²) < 4.78 is 26.0. The maximum Gasteiger partial charge on any atom is 0.322 e. The highest BCUT2D eigenvalue weighted by atomic mass is 35.5. The zero-order valence-corrected chi connectivity index (χ0v) is 12.0. The molecule has 19 heavy (non-hydrogen) atoms. The van der Waals surface area contributed by atoms with Crippen molar-refractivity contribution in [3.63, 3.8) is 0 Å². The number of hydrogen-bond acceptors (Lipinski definition) is 3. The van der Waals surface area contributed by atoms with Crippen molar-refractivity contribution in [2.75, 3.05) is 0 Å². The van der Waals surface area contributed by atoms with Gasteiger partial charge in [0.2, 0.25) is 10.0 Å². The molecule has 0 aromatic heterocycles. The van der Waals surface area contributed by atoms with Crippen LogP contribution in [0.2, 0.25) is 10.0 Å². The molecule has 1 rings (SSSR count). The number of carbonyl (C=O) groups is 1. The van der Waals surface area contributed by atoms with Crippen LogP contribution in [-0.2, 0) is 14.8 Å². The van der Waals surface area contributed by atoms with E-state index in [-0.39, 0.29) is 21.4 Å². The molecule has 0 bridgehead atoms. The van der Waals surface area contributed by atoms with E-state index in [9.17, 15) is 13.2 Å². The number of carboxylic acid groups (broad SMARTS) is 1. The zero-order valence-electron chi connectivity index (χ0n) is 9.64. The molecular formula is C11H11Cl2NO4S. The van der Waals surface area contributed by atoms with Crippen molar-refractivity contribution in [1.29, 1.82) is 0 Å². The molecule has 1 aromatic rings. The topological polar surface area (TPSA) is 83.5 Å². The number of hydrogen-bond donors (Lipinski definition) is 2. The molecule has 8 heteroatoms. The van der Waals surface area contributed by atoms with E-state index in [4.69, 9.17) is 28.3 Å². The van der Waals surface area contributed by atoms with Gasteiger partial charge in [-0.15, -0.1) is 6.58 Å². The smallest absolute Gasteiger partial charge is 0.322 e. The molecule has 0 saturated carbocycles. The highest BCUT2D eigenvalue weighted by molar-refractivity contribution is 7.89. The van der Waals surface area contributed by atoms with Crippen LogP contribution < -0.4 is 4.72 Å². The summed E-state index contributed by atoms with van der Waals surface area (Å²) in [5, 5.41) is 9.18. The van der Waals surface area contributed by atoms with Gasteiger partial charge in [-0.25, -0.2) is 8.42 Å². The lowest BCUT2D eigenvalue weighted by Gasteiger charge is -2.13. The lowest BCUT2D eigenvalue weighted by atomic mass is 10.2. The first kappa shape index (κ1) is 16.0. The molecule has 0 saturated heterocycles. The average molecular weight is 324 g/mol. The van der Waals surface area contributed by atoms with E-state index in [0.717, 1.165) is 0 Å². The van der Waals surface area contributed by atoms with E-state index in [1.165, 1.54) is 24.3 Å². The Bertz CT molecular complexity index is 580. The summed E-state index contributed by atoms with van der Waals surface area (Å²) in [5.41, 5.74) is 0. The molecule has 0 radical (unpaired) electrons. The van der Waals surface area contributed by atoms with Crippen LogP contribution in [0.25, 0.3) is 0 Å². The maximum atomic E-state index is 12.0. The summed E-state index contributed by atoms with van der Waals surface area (Å²) in [5.74, 6) is -1.29. The van der Waals surface area contributed by atoms with Crippen molar-refractivity contribution in [1.82, 2.24) is 4.72 Å². The van der Waals surface area contributed by atoms with Crippen LogP contribution in [0.3, 0.4) is 0 Å². The number of rotatable bonds is 6. The number of carboxylic acids is 1. The molecule has 0 spiro atoms. The molecule has 0 aliphatic heterocycles. The molecule has 1 atom stereocenters. The van der Waals surface area contributed by atoms with Crippen molar-refractivity contribution in [3.05, 3.63) is 40.9 Å². The second-order valence-corrected chi connectivity index (χ2v) is 6.23. The van der Waals surface area contributed by atoms with Gasteiger partial charge in [-0.2, -0.15) is 4.72 Å². The third-order valence-electron chi connectivity index (χ3n) is 2.14. The average Bonchev–Trinajstić information content (AvgIpc) is 2.26. The molecule has 0 heterocycles. The van der Waals surface area contributed by atoms with Gasteiger partial charge in [-0.1, -0.05) is 29.3 Å². The third kappa shape index (κ3) is 4.50. The van der Waals surface area contributed by atoms with Gasteiger partial charge < -0.3 is 5.11 Å². The van der Waals surface area contributed by atoms with E-state index >= 15 is 0 Å². The minimum absolute atomic E-state index is 0.0388. The van der Waals surface area contributed by atoms with Crippen LogP contribution in [0.4, 0.5) is 0 Å². The SMILES string of the molecule is C=CCC(NS(=O)(=O)c1cc(Cl)cc(Cl)c1)C(=O)O. The fourth-order valence-electron chi connectivity index (χ4n) is 1.31. The largest absolute Gasteiger partial charge is 0.480 e. The van der Waals surface area contributed by atoms with E-state index in [0.29, 0.717) is 0 Å². The maximum absolute atomic E-state index is 12.0. The Morgan fingerprint density at radius 1 is 1.37 bits per heavy atom. The minimum Gasteiger partial charge on any atom is -0.480 e. The predicted octanol–water partition coefficient (Wildman–Crippen LogP) is 2.30. The van der Waals surface area contributed by atoms with Gasteiger partial charge in [0.1, 0.15) is 6.04 Å².